The molecule has 2 atom stereocenters. The summed E-state index contributed by atoms with van der Waals surface area (Å²) in [6.45, 7) is 1.93. The Labute approximate surface area is 121 Å². The van der Waals surface area contributed by atoms with Gasteiger partial charge in [0.05, 0.1) is 12.1 Å². The first kappa shape index (κ1) is 14.7. The molecule has 1 saturated heterocycles. The summed E-state index contributed by atoms with van der Waals surface area (Å²) in [5, 5.41) is 8.60. The van der Waals surface area contributed by atoms with Gasteiger partial charge in [0.2, 0.25) is 5.91 Å². The molecule has 0 radical (unpaired) electrons. The van der Waals surface area contributed by atoms with E-state index in [1.165, 1.54) is 0 Å². The van der Waals surface area contributed by atoms with Gasteiger partial charge in [0.1, 0.15) is 0 Å². The lowest BCUT2D eigenvalue weighted by molar-refractivity contribution is -0.123. The number of hydrogen-bond acceptors (Lipinski definition) is 4. The number of amides is 3. The Morgan fingerprint density at radius 3 is 2.65 bits per heavy atom. The van der Waals surface area contributed by atoms with Crippen molar-refractivity contribution in [2.24, 2.45) is 5.73 Å². The molecular formula is C13H18N4O2S. The molecular weight excluding hydrogens is 276 g/mol. The Balaban J connectivity index is 1.92. The Kier molecular flexibility index (Phi) is 4.86. The summed E-state index contributed by atoms with van der Waals surface area (Å²) in [5.74, 6) is 1.64. The second-order valence-corrected chi connectivity index (χ2v) is 5.64. The van der Waals surface area contributed by atoms with E-state index in [-0.39, 0.29) is 18.0 Å². The molecule has 1 fully saturated rings. The van der Waals surface area contributed by atoms with E-state index in [0.29, 0.717) is 5.69 Å². The third-order valence-electron chi connectivity index (χ3n) is 3.07. The van der Waals surface area contributed by atoms with Crippen LogP contribution in [0.15, 0.2) is 24.3 Å². The number of nitrogens with one attached hydrogen (secondary N) is 3. The van der Waals surface area contributed by atoms with Crippen LogP contribution in [0.1, 0.15) is 18.5 Å². The van der Waals surface area contributed by atoms with Gasteiger partial charge in [-0.25, -0.2) is 4.79 Å². The molecule has 0 bridgehead atoms. The summed E-state index contributed by atoms with van der Waals surface area (Å²) < 4.78 is 0. The number of urea groups is 1. The highest BCUT2D eigenvalue weighted by atomic mass is 32.2. The highest BCUT2D eigenvalue weighted by Crippen LogP contribution is 2.17. The number of carbonyl (C=O) groups is 2. The first-order valence-electron chi connectivity index (χ1n) is 6.34. The standard InChI is InChI=1S/C13H18N4O2S/c1-8(16-12(18)11-6-20-7-15-11)9-2-4-10(5-3-9)17-13(14)19/h2-5,8,11,15H,6-7H2,1H3,(H,16,18)(H3,14,17,19). The van der Waals surface area contributed by atoms with E-state index < -0.39 is 6.03 Å². The fourth-order valence-electron chi connectivity index (χ4n) is 1.96. The third kappa shape index (κ3) is 3.88. The lowest BCUT2D eigenvalue weighted by atomic mass is 10.1. The van der Waals surface area contributed by atoms with Crippen LogP contribution in [0, 0.1) is 0 Å². The lowest BCUT2D eigenvalue weighted by Crippen LogP contribution is -2.42. The van der Waals surface area contributed by atoms with Gasteiger partial charge in [-0.2, -0.15) is 0 Å². The zero-order valence-corrected chi connectivity index (χ0v) is 12.0. The van der Waals surface area contributed by atoms with E-state index in [2.05, 4.69) is 16.0 Å². The molecule has 5 N–H and O–H groups in total. The lowest BCUT2D eigenvalue weighted by Gasteiger charge is -2.17. The van der Waals surface area contributed by atoms with Gasteiger partial charge in [0, 0.05) is 17.3 Å². The molecule has 1 aliphatic rings. The fourth-order valence-corrected chi connectivity index (χ4v) is 2.90. The predicted molar refractivity (Wildman–Crippen MR) is 80.5 cm³/mol. The van der Waals surface area contributed by atoms with E-state index in [1.807, 2.05) is 19.1 Å². The molecule has 20 heavy (non-hydrogen) atoms. The quantitative estimate of drug-likeness (QED) is 0.666. The smallest absolute Gasteiger partial charge is 0.316 e. The Hall–Kier alpha value is -1.73. The van der Waals surface area contributed by atoms with Gasteiger partial charge < -0.3 is 16.4 Å². The van der Waals surface area contributed by atoms with Crippen LogP contribution >= 0.6 is 11.8 Å². The summed E-state index contributed by atoms with van der Waals surface area (Å²) in [7, 11) is 0. The SMILES string of the molecule is CC(NC(=O)C1CSCN1)c1ccc(NC(N)=O)cc1. The minimum atomic E-state index is -0.594. The molecule has 3 amide bonds. The van der Waals surface area contributed by atoms with Crippen molar-refractivity contribution in [3.05, 3.63) is 29.8 Å². The average molecular weight is 294 g/mol. The highest BCUT2D eigenvalue weighted by Gasteiger charge is 2.23. The predicted octanol–water partition coefficient (Wildman–Crippen LogP) is 1.02. The van der Waals surface area contributed by atoms with Crippen LogP contribution in [0.2, 0.25) is 0 Å². The van der Waals surface area contributed by atoms with Crippen LogP contribution < -0.4 is 21.7 Å². The number of benzene rings is 1. The van der Waals surface area contributed by atoms with E-state index in [4.69, 9.17) is 5.73 Å². The van der Waals surface area contributed by atoms with E-state index in [0.717, 1.165) is 17.2 Å². The number of primary amides is 1. The van der Waals surface area contributed by atoms with Crippen molar-refractivity contribution >= 4 is 29.4 Å². The maximum Gasteiger partial charge on any atom is 0.316 e. The molecule has 2 unspecified atom stereocenters. The zero-order chi connectivity index (χ0) is 14.5. The molecule has 1 aromatic rings. The Morgan fingerprint density at radius 1 is 1.40 bits per heavy atom. The minimum Gasteiger partial charge on any atom is -0.351 e. The van der Waals surface area contributed by atoms with Gasteiger partial charge in [-0.3, -0.25) is 10.1 Å². The van der Waals surface area contributed by atoms with Crippen LogP contribution in [0.25, 0.3) is 0 Å². The molecule has 1 aromatic carbocycles. The summed E-state index contributed by atoms with van der Waals surface area (Å²) in [6.07, 6.45) is 0. The summed E-state index contributed by atoms with van der Waals surface area (Å²) in [4.78, 5) is 22.7. The maximum atomic E-state index is 12.0. The van der Waals surface area contributed by atoms with Crippen LogP contribution in [0.5, 0.6) is 0 Å². The second kappa shape index (κ2) is 6.62. The van der Waals surface area contributed by atoms with E-state index in [1.54, 1.807) is 23.9 Å². The first-order chi connectivity index (χ1) is 9.56. The molecule has 1 aliphatic heterocycles. The number of hydrogen-bond donors (Lipinski definition) is 4. The topological polar surface area (TPSA) is 96.2 Å². The normalized spacial score (nSPS) is 19.4. The van der Waals surface area contributed by atoms with Crippen molar-refractivity contribution < 1.29 is 9.59 Å². The van der Waals surface area contributed by atoms with Crippen molar-refractivity contribution in [1.29, 1.82) is 0 Å². The Bertz CT molecular complexity index is 486. The molecule has 0 spiro atoms. The van der Waals surface area contributed by atoms with Crippen molar-refractivity contribution in [3.63, 3.8) is 0 Å². The van der Waals surface area contributed by atoms with Gasteiger partial charge in [-0.05, 0) is 24.6 Å². The molecule has 7 heteroatoms. The molecule has 0 saturated carbocycles. The van der Waals surface area contributed by atoms with Gasteiger partial charge >= 0.3 is 6.03 Å². The van der Waals surface area contributed by atoms with Crippen molar-refractivity contribution in [2.75, 3.05) is 16.9 Å². The van der Waals surface area contributed by atoms with Crippen molar-refractivity contribution in [3.8, 4) is 0 Å². The van der Waals surface area contributed by atoms with Crippen molar-refractivity contribution in [1.82, 2.24) is 10.6 Å². The number of thioether (sulfide) groups is 1. The largest absolute Gasteiger partial charge is 0.351 e. The molecule has 2 rings (SSSR count). The minimum absolute atomic E-state index is 0.0156. The van der Waals surface area contributed by atoms with Gasteiger partial charge in [-0.15, -0.1) is 11.8 Å². The summed E-state index contributed by atoms with van der Waals surface area (Å²) in [5.41, 5.74) is 6.65. The first-order valence-corrected chi connectivity index (χ1v) is 7.49. The number of nitrogens with two attached hydrogens (primary N) is 1. The number of anilines is 1. The number of rotatable bonds is 4. The van der Waals surface area contributed by atoms with Gasteiger partial charge in [-0.1, -0.05) is 12.1 Å². The fraction of sp³-hybridized carbons (Fsp3) is 0.385. The highest BCUT2D eigenvalue weighted by molar-refractivity contribution is 7.99. The second-order valence-electron chi connectivity index (χ2n) is 4.61. The Morgan fingerprint density at radius 2 is 2.10 bits per heavy atom. The van der Waals surface area contributed by atoms with E-state index >= 15 is 0 Å². The van der Waals surface area contributed by atoms with Crippen molar-refractivity contribution in [2.45, 2.75) is 19.0 Å². The van der Waals surface area contributed by atoms with Crippen LogP contribution in [0.4, 0.5) is 10.5 Å². The zero-order valence-electron chi connectivity index (χ0n) is 11.2. The van der Waals surface area contributed by atoms with Crippen LogP contribution in [-0.4, -0.2) is 29.6 Å². The molecule has 6 nitrogen and oxygen atoms in total. The molecule has 1 heterocycles. The summed E-state index contributed by atoms with van der Waals surface area (Å²) in [6, 6.07) is 6.43. The average Bonchev–Trinajstić information content (AvgIpc) is 2.92. The molecule has 108 valence electrons. The van der Waals surface area contributed by atoms with Gasteiger partial charge in [0.25, 0.3) is 0 Å². The number of carbonyl (C=O) groups excluding carboxylic acids is 2. The van der Waals surface area contributed by atoms with E-state index in [9.17, 15) is 9.59 Å². The van der Waals surface area contributed by atoms with Crippen LogP contribution in [-0.2, 0) is 4.79 Å². The summed E-state index contributed by atoms with van der Waals surface area (Å²) >= 11 is 1.72. The molecule has 0 aliphatic carbocycles. The molecule has 0 aromatic heterocycles. The maximum absolute atomic E-state index is 12.0. The third-order valence-corrected chi connectivity index (χ3v) is 4.01. The monoisotopic (exact) mass is 294 g/mol. The van der Waals surface area contributed by atoms with Crippen LogP contribution in [0.3, 0.4) is 0 Å². The van der Waals surface area contributed by atoms with Gasteiger partial charge in [0.15, 0.2) is 0 Å².